The zero-order chi connectivity index (χ0) is 12.8. The number of hydrogen-bond acceptors (Lipinski definition) is 4. The van der Waals surface area contributed by atoms with E-state index in [0.717, 1.165) is 28.6 Å². The van der Waals surface area contributed by atoms with Crippen molar-refractivity contribution in [1.29, 1.82) is 0 Å². The number of nitrogen functional groups attached to an aromatic ring is 1. The van der Waals surface area contributed by atoms with Crippen molar-refractivity contribution in [3.05, 3.63) is 18.2 Å². The maximum absolute atomic E-state index is 6.00. The van der Waals surface area contributed by atoms with Gasteiger partial charge in [-0.2, -0.15) is 0 Å². The lowest BCUT2D eigenvalue weighted by atomic mass is 10.1. The summed E-state index contributed by atoms with van der Waals surface area (Å²) in [5, 5.41) is 3.56. The summed E-state index contributed by atoms with van der Waals surface area (Å²) in [5.74, 6) is 1.99. The van der Waals surface area contributed by atoms with Gasteiger partial charge in [0.25, 0.3) is 0 Å². The number of thioether (sulfide) groups is 1. The first-order valence-corrected chi connectivity index (χ1v) is 7.66. The Bertz CT molecular complexity index is 378. The third-order valence-corrected chi connectivity index (χ3v) is 4.38. The third-order valence-electron chi connectivity index (χ3n) is 3.15. The molecule has 1 heterocycles. The molecule has 1 aromatic rings. The second-order valence-electron chi connectivity index (χ2n) is 4.59. The van der Waals surface area contributed by atoms with Gasteiger partial charge in [-0.05, 0) is 44.5 Å². The molecule has 1 fully saturated rings. The van der Waals surface area contributed by atoms with Gasteiger partial charge in [-0.25, -0.2) is 0 Å². The van der Waals surface area contributed by atoms with E-state index in [2.05, 4.69) is 5.32 Å². The summed E-state index contributed by atoms with van der Waals surface area (Å²) in [7, 11) is 0. The predicted octanol–water partition coefficient (Wildman–Crippen LogP) is 2.90. The Hall–Kier alpha value is -0.870. The Labute approximate surface area is 113 Å². The van der Waals surface area contributed by atoms with Crippen molar-refractivity contribution in [1.82, 2.24) is 5.32 Å². The molecule has 0 amide bonds. The molecule has 100 valence electrons. The normalized spacial score (nSPS) is 19.7. The van der Waals surface area contributed by atoms with Crippen LogP contribution in [0.15, 0.2) is 23.1 Å². The molecule has 1 aliphatic rings. The highest BCUT2D eigenvalue weighted by atomic mass is 32.2. The molecule has 2 rings (SSSR count). The van der Waals surface area contributed by atoms with Crippen LogP contribution in [0, 0.1) is 0 Å². The molecule has 4 heteroatoms. The van der Waals surface area contributed by atoms with Crippen molar-refractivity contribution in [2.24, 2.45) is 0 Å². The molecular weight excluding hydrogens is 244 g/mol. The van der Waals surface area contributed by atoms with Crippen LogP contribution in [0.25, 0.3) is 0 Å². The van der Waals surface area contributed by atoms with E-state index in [4.69, 9.17) is 10.5 Å². The van der Waals surface area contributed by atoms with Crippen molar-refractivity contribution in [3.8, 4) is 5.75 Å². The van der Waals surface area contributed by atoms with E-state index in [1.807, 2.05) is 36.9 Å². The smallest absolute Gasteiger partial charge is 0.120 e. The Kier molecular flexibility index (Phi) is 5.20. The van der Waals surface area contributed by atoms with Crippen LogP contribution in [0.5, 0.6) is 5.75 Å². The number of benzene rings is 1. The van der Waals surface area contributed by atoms with E-state index in [1.165, 1.54) is 19.3 Å². The molecule has 1 aliphatic heterocycles. The zero-order valence-corrected chi connectivity index (χ0v) is 11.8. The number of ether oxygens (including phenoxy) is 1. The zero-order valence-electron chi connectivity index (χ0n) is 10.9. The van der Waals surface area contributed by atoms with Crippen molar-refractivity contribution in [2.75, 3.05) is 24.6 Å². The lowest BCUT2D eigenvalue weighted by molar-refractivity contribution is 0.339. The van der Waals surface area contributed by atoms with Crippen LogP contribution in [-0.4, -0.2) is 24.9 Å². The fourth-order valence-electron chi connectivity index (χ4n) is 2.15. The van der Waals surface area contributed by atoms with Crippen molar-refractivity contribution < 1.29 is 4.74 Å². The number of anilines is 1. The van der Waals surface area contributed by atoms with E-state index in [1.54, 1.807) is 0 Å². The predicted molar refractivity (Wildman–Crippen MR) is 78.4 cm³/mol. The first-order valence-electron chi connectivity index (χ1n) is 6.68. The molecule has 0 bridgehead atoms. The topological polar surface area (TPSA) is 47.3 Å². The second kappa shape index (κ2) is 6.90. The van der Waals surface area contributed by atoms with Crippen molar-refractivity contribution >= 4 is 17.4 Å². The van der Waals surface area contributed by atoms with E-state index < -0.39 is 0 Å². The number of hydrogen-bond donors (Lipinski definition) is 2. The van der Waals surface area contributed by atoms with Gasteiger partial charge < -0.3 is 15.8 Å². The Morgan fingerprint density at radius 3 is 3.06 bits per heavy atom. The molecule has 0 aliphatic carbocycles. The van der Waals surface area contributed by atoms with Crippen molar-refractivity contribution in [2.45, 2.75) is 37.1 Å². The van der Waals surface area contributed by atoms with Gasteiger partial charge in [0.05, 0.1) is 6.61 Å². The lowest BCUT2D eigenvalue weighted by Crippen LogP contribution is -2.35. The van der Waals surface area contributed by atoms with Crippen LogP contribution in [0.2, 0.25) is 0 Å². The third kappa shape index (κ3) is 3.82. The van der Waals surface area contributed by atoms with E-state index >= 15 is 0 Å². The minimum Gasteiger partial charge on any atom is -0.494 e. The highest BCUT2D eigenvalue weighted by Gasteiger charge is 2.13. The average molecular weight is 266 g/mol. The Balaban J connectivity index is 1.92. The van der Waals surface area contributed by atoms with Gasteiger partial charge in [0.2, 0.25) is 0 Å². The summed E-state index contributed by atoms with van der Waals surface area (Å²) in [6.07, 6.45) is 3.92. The van der Waals surface area contributed by atoms with Crippen LogP contribution in [-0.2, 0) is 0 Å². The van der Waals surface area contributed by atoms with Gasteiger partial charge in [-0.15, -0.1) is 11.8 Å². The highest BCUT2D eigenvalue weighted by molar-refractivity contribution is 7.99. The summed E-state index contributed by atoms with van der Waals surface area (Å²) in [5.41, 5.74) is 6.85. The summed E-state index contributed by atoms with van der Waals surface area (Å²) in [6.45, 7) is 3.84. The standard InChI is InChI=1S/C14H22N2OS/c1-2-17-12-6-7-13(15)14(9-12)18-10-11-5-3-4-8-16-11/h6-7,9,11,16H,2-5,8,10,15H2,1H3. The fraction of sp³-hybridized carbons (Fsp3) is 0.571. The van der Waals surface area contributed by atoms with Crippen LogP contribution < -0.4 is 15.8 Å². The summed E-state index contributed by atoms with van der Waals surface area (Å²) >= 11 is 1.83. The molecule has 1 saturated heterocycles. The monoisotopic (exact) mass is 266 g/mol. The van der Waals surface area contributed by atoms with Crippen molar-refractivity contribution in [3.63, 3.8) is 0 Å². The van der Waals surface area contributed by atoms with Gasteiger partial charge in [0, 0.05) is 22.4 Å². The van der Waals surface area contributed by atoms with Gasteiger partial charge in [-0.3, -0.25) is 0 Å². The van der Waals surface area contributed by atoms with E-state index in [9.17, 15) is 0 Å². The van der Waals surface area contributed by atoms with Gasteiger partial charge >= 0.3 is 0 Å². The summed E-state index contributed by atoms with van der Waals surface area (Å²) in [6, 6.07) is 6.54. The molecule has 3 nitrogen and oxygen atoms in total. The SMILES string of the molecule is CCOc1ccc(N)c(SCC2CCCCN2)c1. The molecule has 3 N–H and O–H groups in total. The molecule has 18 heavy (non-hydrogen) atoms. The van der Waals surface area contributed by atoms with Gasteiger partial charge in [0.15, 0.2) is 0 Å². The molecule has 0 aromatic heterocycles. The maximum atomic E-state index is 6.00. The van der Waals surface area contributed by atoms with Crippen LogP contribution in [0.1, 0.15) is 26.2 Å². The number of piperidine rings is 1. The number of rotatable bonds is 5. The fourth-order valence-corrected chi connectivity index (χ4v) is 3.25. The largest absolute Gasteiger partial charge is 0.494 e. The second-order valence-corrected chi connectivity index (χ2v) is 5.65. The van der Waals surface area contributed by atoms with Crippen LogP contribution >= 0.6 is 11.8 Å². The minimum atomic E-state index is 0.624. The summed E-state index contributed by atoms with van der Waals surface area (Å²) < 4.78 is 5.51. The Morgan fingerprint density at radius 1 is 1.44 bits per heavy atom. The minimum absolute atomic E-state index is 0.624. The highest BCUT2D eigenvalue weighted by Crippen LogP contribution is 2.30. The lowest BCUT2D eigenvalue weighted by Gasteiger charge is -2.23. The van der Waals surface area contributed by atoms with Crippen LogP contribution in [0.3, 0.4) is 0 Å². The van der Waals surface area contributed by atoms with Gasteiger partial charge in [-0.1, -0.05) is 6.42 Å². The molecule has 0 saturated carbocycles. The maximum Gasteiger partial charge on any atom is 0.120 e. The molecule has 1 aromatic carbocycles. The first-order chi connectivity index (χ1) is 8.79. The average Bonchev–Trinajstić information content (AvgIpc) is 2.41. The molecule has 0 radical (unpaired) electrons. The van der Waals surface area contributed by atoms with E-state index in [0.29, 0.717) is 12.6 Å². The van der Waals surface area contributed by atoms with Crippen LogP contribution in [0.4, 0.5) is 5.69 Å². The molecule has 0 spiro atoms. The quantitative estimate of drug-likeness (QED) is 0.635. The van der Waals surface area contributed by atoms with Gasteiger partial charge in [0.1, 0.15) is 5.75 Å². The number of nitrogens with two attached hydrogens (primary N) is 1. The Morgan fingerprint density at radius 2 is 2.33 bits per heavy atom. The van der Waals surface area contributed by atoms with E-state index in [-0.39, 0.29) is 0 Å². The first kappa shape index (κ1) is 13.6. The summed E-state index contributed by atoms with van der Waals surface area (Å²) in [4.78, 5) is 1.13. The molecule has 1 unspecified atom stereocenters. The molecular formula is C14H22N2OS. The number of nitrogens with one attached hydrogen (secondary N) is 1. The molecule has 1 atom stereocenters.